The van der Waals surface area contributed by atoms with Crippen LogP contribution in [0.25, 0.3) is 11.5 Å². The molecule has 0 aliphatic carbocycles. The highest BCUT2D eigenvalue weighted by Crippen LogP contribution is 2.27. The second kappa shape index (κ2) is 7.78. The van der Waals surface area contributed by atoms with Crippen molar-refractivity contribution in [1.82, 2.24) is 19.4 Å². The highest BCUT2D eigenvalue weighted by atomic mass is 35.5. The molecule has 0 spiro atoms. The molecule has 9 nitrogen and oxygen atoms in total. The molecule has 3 heterocycles. The average Bonchev–Trinajstić information content (AvgIpc) is 3.25. The van der Waals surface area contributed by atoms with Gasteiger partial charge >= 0.3 is 11.1 Å². The lowest BCUT2D eigenvalue weighted by Crippen LogP contribution is -2.45. The first-order valence-electron chi connectivity index (χ1n) is 9.26. The van der Waals surface area contributed by atoms with Crippen molar-refractivity contribution in [3.8, 4) is 11.5 Å². The summed E-state index contributed by atoms with van der Waals surface area (Å²) in [4.78, 5) is 20.4. The van der Waals surface area contributed by atoms with Crippen LogP contribution in [-0.4, -0.2) is 48.2 Å². The van der Waals surface area contributed by atoms with Crippen molar-refractivity contribution in [2.24, 2.45) is 0 Å². The van der Waals surface area contributed by atoms with E-state index in [0.29, 0.717) is 37.5 Å². The van der Waals surface area contributed by atoms with Crippen molar-refractivity contribution in [3.63, 3.8) is 0 Å². The van der Waals surface area contributed by atoms with Crippen molar-refractivity contribution in [1.29, 1.82) is 0 Å². The number of benzene rings is 1. The van der Waals surface area contributed by atoms with Crippen LogP contribution in [0.2, 0.25) is 5.28 Å². The third-order valence-electron chi connectivity index (χ3n) is 4.88. The first-order valence-corrected chi connectivity index (χ1v) is 9.64. The van der Waals surface area contributed by atoms with Crippen LogP contribution in [0, 0.1) is 15.9 Å². The van der Waals surface area contributed by atoms with E-state index >= 15 is 0 Å². The summed E-state index contributed by atoms with van der Waals surface area (Å²) in [5.41, 5.74) is 0.257. The van der Waals surface area contributed by atoms with Gasteiger partial charge in [0.05, 0.1) is 17.8 Å². The smallest absolute Gasteiger partial charge is 0.383 e. The Hall–Kier alpha value is -2.82. The van der Waals surface area contributed by atoms with Crippen LogP contribution < -0.4 is 0 Å². The summed E-state index contributed by atoms with van der Waals surface area (Å²) >= 11 is 5.95. The number of hydrogen-bond acceptors (Lipinski definition) is 7. The van der Waals surface area contributed by atoms with E-state index < -0.39 is 10.5 Å². The Bertz CT molecular complexity index is 1080. The molecular formula is C19H19ClFN5O4. The third-order valence-corrected chi connectivity index (χ3v) is 5.18. The van der Waals surface area contributed by atoms with Gasteiger partial charge in [0.25, 0.3) is 0 Å². The predicted octanol–water partition coefficient (Wildman–Crippen LogP) is 3.05. The molecule has 0 radical (unpaired) electrons. The Morgan fingerprint density at radius 3 is 2.73 bits per heavy atom. The topological polar surface area (TPSA) is 110 Å². The van der Waals surface area contributed by atoms with E-state index in [1.807, 2.05) is 4.90 Å². The second-order valence-electron chi connectivity index (χ2n) is 7.61. The summed E-state index contributed by atoms with van der Waals surface area (Å²) in [7, 11) is 0. The minimum Gasteiger partial charge on any atom is -0.441 e. The van der Waals surface area contributed by atoms with Gasteiger partial charge in [-0.1, -0.05) is 0 Å². The van der Waals surface area contributed by atoms with Crippen molar-refractivity contribution >= 4 is 17.4 Å². The molecule has 0 amide bonds. The lowest BCUT2D eigenvalue weighted by molar-refractivity contribution is -0.389. The number of oxazole rings is 1. The molecule has 2 aromatic heterocycles. The number of nitrogens with zero attached hydrogens (tertiary/aromatic N) is 5. The van der Waals surface area contributed by atoms with Crippen LogP contribution in [-0.2, 0) is 19.5 Å². The van der Waals surface area contributed by atoms with Crippen LogP contribution in [0.3, 0.4) is 0 Å². The molecule has 1 aliphatic heterocycles. The Morgan fingerprint density at radius 2 is 2.07 bits per heavy atom. The molecule has 0 saturated heterocycles. The first kappa shape index (κ1) is 20.5. The van der Waals surface area contributed by atoms with Crippen molar-refractivity contribution in [3.05, 3.63) is 63.1 Å². The molecule has 4 rings (SSSR count). The van der Waals surface area contributed by atoms with E-state index in [-0.39, 0.29) is 23.5 Å². The molecule has 0 bridgehead atoms. The standard InChI is InChI=1S/C19H19ClFN5O4/c1-19(27,11-25-9-16(26(28)29)23-18(25)20)10-24-7-6-15-14(8-24)22-17(30-15)12-2-4-13(21)5-3-12/h2-5,9,27H,6-8,10-11H2,1H3/t19-/m0/s1. The Balaban J connectivity index is 1.44. The van der Waals surface area contributed by atoms with Crippen LogP contribution in [0.4, 0.5) is 10.2 Å². The first-order chi connectivity index (χ1) is 14.2. The molecule has 1 N–H and O–H groups in total. The molecule has 1 atom stereocenters. The van der Waals surface area contributed by atoms with Gasteiger partial charge in [-0.3, -0.25) is 9.47 Å². The van der Waals surface area contributed by atoms with Crippen LogP contribution in [0.15, 0.2) is 34.9 Å². The molecule has 30 heavy (non-hydrogen) atoms. The fourth-order valence-electron chi connectivity index (χ4n) is 3.58. The lowest BCUT2D eigenvalue weighted by atomic mass is 10.0. The van der Waals surface area contributed by atoms with E-state index in [1.54, 1.807) is 19.1 Å². The van der Waals surface area contributed by atoms with E-state index in [2.05, 4.69) is 9.97 Å². The van der Waals surface area contributed by atoms with Gasteiger partial charge < -0.3 is 19.6 Å². The molecule has 11 heteroatoms. The molecule has 1 aromatic carbocycles. The number of aliphatic hydroxyl groups is 1. The van der Waals surface area contributed by atoms with E-state index in [4.69, 9.17) is 16.0 Å². The molecule has 1 aliphatic rings. The molecule has 158 valence electrons. The summed E-state index contributed by atoms with van der Waals surface area (Å²) in [6.45, 7) is 3.12. The molecule has 0 saturated carbocycles. The number of fused-ring (bicyclic) bond motifs is 1. The summed E-state index contributed by atoms with van der Waals surface area (Å²) < 4.78 is 20.3. The summed E-state index contributed by atoms with van der Waals surface area (Å²) in [5.74, 6) is 0.519. The van der Waals surface area contributed by atoms with Gasteiger partial charge in [0.1, 0.15) is 17.8 Å². The Kier molecular flexibility index (Phi) is 5.31. The SMILES string of the molecule is C[C@](O)(CN1CCc2oc(-c3ccc(F)cc3)nc2C1)Cn1cc([N+](=O)[O-])nc1Cl. The van der Waals surface area contributed by atoms with Gasteiger partial charge in [-0.05, 0) is 52.7 Å². The lowest BCUT2D eigenvalue weighted by Gasteiger charge is -2.33. The van der Waals surface area contributed by atoms with E-state index in [9.17, 15) is 19.6 Å². The Labute approximate surface area is 175 Å². The predicted molar refractivity (Wildman–Crippen MR) is 105 cm³/mol. The quantitative estimate of drug-likeness (QED) is 0.468. The molecule has 0 unspecified atom stereocenters. The van der Waals surface area contributed by atoms with Crippen molar-refractivity contribution in [2.75, 3.05) is 13.1 Å². The van der Waals surface area contributed by atoms with E-state index in [1.165, 1.54) is 22.9 Å². The van der Waals surface area contributed by atoms with Gasteiger partial charge in [-0.15, -0.1) is 0 Å². The van der Waals surface area contributed by atoms with Crippen LogP contribution in [0.1, 0.15) is 18.4 Å². The van der Waals surface area contributed by atoms with Crippen LogP contribution >= 0.6 is 11.6 Å². The van der Waals surface area contributed by atoms with Gasteiger partial charge in [0.15, 0.2) is 0 Å². The zero-order chi connectivity index (χ0) is 21.5. The zero-order valence-corrected chi connectivity index (χ0v) is 16.8. The largest absolute Gasteiger partial charge is 0.441 e. The highest BCUT2D eigenvalue weighted by molar-refractivity contribution is 6.28. The van der Waals surface area contributed by atoms with Crippen LogP contribution in [0.5, 0.6) is 0 Å². The minimum atomic E-state index is -1.21. The average molecular weight is 436 g/mol. The summed E-state index contributed by atoms with van der Waals surface area (Å²) in [6.07, 6.45) is 1.83. The van der Waals surface area contributed by atoms with E-state index in [0.717, 1.165) is 11.5 Å². The fraction of sp³-hybridized carbons (Fsp3) is 0.368. The number of rotatable bonds is 6. The van der Waals surface area contributed by atoms with Gasteiger partial charge in [0.2, 0.25) is 5.89 Å². The summed E-state index contributed by atoms with van der Waals surface area (Å²) in [6, 6.07) is 5.94. The van der Waals surface area contributed by atoms with Gasteiger partial charge in [-0.25, -0.2) is 9.37 Å². The maximum Gasteiger partial charge on any atom is 0.383 e. The normalized spacial score (nSPS) is 16.3. The number of β-amino-alcohol motifs (C(OH)–C–C–N with tert-alkyl or cyclic N) is 1. The van der Waals surface area contributed by atoms with Gasteiger partial charge in [-0.2, -0.15) is 0 Å². The number of halogens is 2. The highest BCUT2D eigenvalue weighted by Gasteiger charge is 2.31. The monoisotopic (exact) mass is 435 g/mol. The minimum absolute atomic E-state index is 0.0513. The number of nitro groups is 1. The molecular weight excluding hydrogens is 417 g/mol. The Morgan fingerprint density at radius 1 is 1.33 bits per heavy atom. The third kappa shape index (κ3) is 4.35. The second-order valence-corrected chi connectivity index (χ2v) is 7.94. The number of imidazole rings is 1. The van der Waals surface area contributed by atoms with Crippen molar-refractivity contribution in [2.45, 2.75) is 32.0 Å². The molecule has 3 aromatic rings. The molecule has 0 fully saturated rings. The fourth-order valence-corrected chi connectivity index (χ4v) is 3.78. The zero-order valence-electron chi connectivity index (χ0n) is 16.1. The number of hydrogen-bond donors (Lipinski definition) is 1. The number of aromatic nitrogens is 3. The summed E-state index contributed by atoms with van der Waals surface area (Å²) in [5, 5.41) is 21.7. The maximum absolute atomic E-state index is 13.1. The maximum atomic E-state index is 13.1. The van der Waals surface area contributed by atoms with Crippen molar-refractivity contribution < 1.29 is 18.8 Å². The van der Waals surface area contributed by atoms with Gasteiger partial charge in [0, 0.05) is 31.6 Å².